The standard InChI is InChI=1S/C16H10ClN3O3S/c17-11-3-1-10(2-4-11)9-14-15(21)19-16(24-14)18-12-5-7-13(8-6-12)20(22)23/h1-9H,(H,18,19,21)/b14-9-. The second kappa shape index (κ2) is 6.86. The molecule has 0 aromatic heterocycles. The van der Waals surface area contributed by atoms with E-state index in [0.717, 1.165) is 5.56 Å². The molecule has 24 heavy (non-hydrogen) atoms. The Balaban J connectivity index is 1.78. The van der Waals surface area contributed by atoms with Gasteiger partial charge in [0, 0.05) is 17.2 Å². The maximum atomic E-state index is 12.0. The van der Waals surface area contributed by atoms with Gasteiger partial charge in [-0.3, -0.25) is 14.9 Å². The van der Waals surface area contributed by atoms with Crippen LogP contribution in [-0.4, -0.2) is 16.0 Å². The first-order valence-corrected chi connectivity index (χ1v) is 8.00. The first-order chi connectivity index (χ1) is 11.5. The van der Waals surface area contributed by atoms with Crippen LogP contribution in [0.2, 0.25) is 5.02 Å². The summed E-state index contributed by atoms with van der Waals surface area (Å²) in [6.07, 6.45) is 1.74. The number of benzene rings is 2. The van der Waals surface area contributed by atoms with Crippen molar-refractivity contribution < 1.29 is 9.72 Å². The number of carbonyl (C=O) groups is 1. The average molecular weight is 360 g/mol. The maximum Gasteiger partial charge on any atom is 0.269 e. The number of non-ortho nitro benzene ring substituents is 1. The summed E-state index contributed by atoms with van der Waals surface area (Å²) in [6.45, 7) is 0. The number of halogens is 1. The number of amidine groups is 1. The van der Waals surface area contributed by atoms with Gasteiger partial charge in [0.2, 0.25) is 0 Å². The van der Waals surface area contributed by atoms with E-state index in [1.165, 1.54) is 36.0 Å². The number of hydrogen-bond donors (Lipinski definition) is 1. The Kier molecular flexibility index (Phi) is 4.64. The number of hydrogen-bond acceptors (Lipinski definition) is 5. The summed E-state index contributed by atoms with van der Waals surface area (Å²) in [5, 5.41) is 14.3. The molecular weight excluding hydrogens is 350 g/mol. The van der Waals surface area contributed by atoms with Crippen LogP contribution < -0.4 is 5.32 Å². The quantitative estimate of drug-likeness (QED) is 0.507. The first kappa shape index (κ1) is 16.2. The van der Waals surface area contributed by atoms with Gasteiger partial charge in [0.05, 0.1) is 15.5 Å². The van der Waals surface area contributed by atoms with Crippen LogP contribution in [0.3, 0.4) is 0 Å². The van der Waals surface area contributed by atoms with Crippen molar-refractivity contribution in [2.45, 2.75) is 0 Å². The number of aliphatic imine (C=N–C) groups is 1. The molecule has 1 saturated heterocycles. The number of nitro benzene ring substituents is 1. The topological polar surface area (TPSA) is 84.6 Å². The van der Waals surface area contributed by atoms with E-state index in [0.29, 0.717) is 20.8 Å². The zero-order chi connectivity index (χ0) is 17.1. The Morgan fingerprint density at radius 3 is 2.42 bits per heavy atom. The number of nitro groups is 1. The van der Waals surface area contributed by atoms with Crippen molar-refractivity contribution in [3.63, 3.8) is 0 Å². The highest BCUT2D eigenvalue weighted by Crippen LogP contribution is 2.28. The van der Waals surface area contributed by atoms with Crippen molar-refractivity contribution in [3.8, 4) is 0 Å². The lowest BCUT2D eigenvalue weighted by Crippen LogP contribution is -2.19. The summed E-state index contributed by atoms with van der Waals surface area (Å²) in [5.74, 6) is -0.240. The summed E-state index contributed by atoms with van der Waals surface area (Å²) in [6, 6.07) is 12.9. The molecule has 1 N–H and O–H groups in total. The second-order valence-electron chi connectivity index (χ2n) is 4.81. The van der Waals surface area contributed by atoms with Gasteiger partial charge >= 0.3 is 0 Å². The number of amides is 1. The minimum atomic E-state index is -0.476. The van der Waals surface area contributed by atoms with Crippen LogP contribution in [-0.2, 0) is 4.79 Å². The molecule has 1 heterocycles. The van der Waals surface area contributed by atoms with Gasteiger partial charge in [-0.05, 0) is 47.7 Å². The highest BCUT2D eigenvalue weighted by molar-refractivity contribution is 8.18. The molecule has 8 heteroatoms. The van der Waals surface area contributed by atoms with Crippen molar-refractivity contribution in [1.29, 1.82) is 0 Å². The van der Waals surface area contributed by atoms with Crippen molar-refractivity contribution >= 4 is 51.9 Å². The molecule has 0 atom stereocenters. The lowest BCUT2D eigenvalue weighted by atomic mass is 10.2. The van der Waals surface area contributed by atoms with E-state index in [1.807, 2.05) is 12.1 Å². The van der Waals surface area contributed by atoms with E-state index in [9.17, 15) is 14.9 Å². The fourth-order valence-electron chi connectivity index (χ4n) is 1.96. The highest BCUT2D eigenvalue weighted by atomic mass is 35.5. The molecule has 1 fully saturated rings. The maximum absolute atomic E-state index is 12.0. The van der Waals surface area contributed by atoms with Gasteiger partial charge in [-0.25, -0.2) is 4.99 Å². The van der Waals surface area contributed by atoms with Crippen LogP contribution in [0.5, 0.6) is 0 Å². The molecule has 2 aromatic carbocycles. The van der Waals surface area contributed by atoms with Crippen LogP contribution in [0, 0.1) is 10.1 Å². The lowest BCUT2D eigenvalue weighted by Gasteiger charge is -1.96. The van der Waals surface area contributed by atoms with Crippen molar-refractivity contribution in [2.24, 2.45) is 4.99 Å². The van der Waals surface area contributed by atoms with E-state index >= 15 is 0 Å². The summed E-state index contributed by atoms with van der Waals surface area (Å²) < 4.78 is 0. The number of nitrogens with one attached hydrogen (secondary N) is 1. The average Bonchev–Trinajstić information content (AvgIpc) is 2.89. The normalized spacial score (nSPS) is 17.3. The zero-order valence-corrected chi connectivity index (χ0v) is 13.7. The summed E-state index contributed by atoms with van der Waals surface area (Å²) >= 11 is 7.04. The van der Waals surface area contributed by atoms with Gasteiger partial charge in [0.1, 0.15) is 0 Å². The fourth-order valence-corrected chi connectivity index (χ4v) is 2.92. The van der Waals surface area contributed by atoms with E-state index in [2.05, 4.69) is 10.3 Å². The van der Waals surface area contributed by atoms with Gasteiger partial charge < -0.3 is 5.32 Å². The van der Waals surface area contributed by atoms with Crippen LogP contribution in [0.4, 0.5) is 11.4 Å². The molecule has 120 valence electrons. The van der Waals surface area contributed by atoms with Gasteiger partial charge in [-0.1, -0.05) is 23.7 Å². The molecule has 0 aliphatic carbocycles. The lowest BCUT2D eigenvalue weighted by molar-refractivity contribution is -0.384. The molecule has 0 unspecified atom stereocenters. The van der Waals surface area contributed by atoms with Crippen molar-refractivity contribution in [1.82, 2.24) is 5.32 Å². The molecule has 2 aromatic rings. The minimum absolute atomic E-state index is 0.00890. The predicted octanol–water partition coefficient (Wildman–Crippen LogP) is 4.14. The molecule has 1 amide bonds. The van der Waals surface area contributed by atoms with Crippen LogP contribution in [0.25, 0.3) is 6.08 Å². The van der Waals surface area contributed by atoms with E-state index in [-0.39, 0.29) is 11.6 Å². The Morgan fingerprint density at radius 1 is 1.12 bits per heavy atom. The number of carbonyl (C=O) groups excluding carboxylic acids is 1. The SMILES string of the molecule is O=C1NC(=Nc2ccc([N+](=O)[O-])cc2)S/C1=C\c1ccc(Cl)cc1. The molecule has 0 radical (unpaired) electrons. The smallest absolute Gasteiger partial charge is 0.269 e. The zero-order valence-electron chi connectivity index (χ0n) is 12.1. The molecule has 0 spiro atoms. The van der Waals surface area contributed by atoms with Crippen LogP contribution in [0.15, 0.2) is 58.4 Å². The number of rotatable bonds is 3. The molecular formula is C16H10ClN3O3S. The van der Waals surface area contributed by atoms with Crippen LogP contribution >= 0.6 is 23.4 Å². The third-order valence-electron chi connectivity index (χ3n) is 3.11. The molecule has 3 rings (SSSR count). The van der Waals surface area contributed by atoms with Gasteiger partial charge in [0.15, 0.2) is 5.17 Å². The first-order valence-electron chi connectivity index (χ1n) is 6.81. The fraction of sp³-hybridized carbons (Fsp3) is 0. The van der Waals surface area contributed by atoms with E-state index in [4.69, 9.17) is 11.6 Å². The second-order valence-corrected chi connectivity index (χ2v) is 6.27. The van der Waals surface area contributed by atoms with Gasteiger partial charge in [-0.2, -0.15) is 0 Å². The summed E-state index contributed by atoms with van der Waals surface area (Å²) in [5.41, 5.74) is 1.37. The molecule has 6 nitrogen and oxygen atoms in total. The molecule has 0 saturated carbocycles. The third kappa shape index (κ3) is 3.81. The molecule has 1 aliphatic rings. The van der Waals surface area contributed by atoms with Gasteiger partial charge in [-0.15, -0.1) is 0 Å². The monoisotopic (exact) mass is 359 g/mol. The van der Waals surface area contributed by atoms with Crippen LogP contribution in [0.1, 0.15) is 5.56 Å². The third-order valence-corrected chi connectivity index (χ3v) is 4.27. The Morgan fingerprint density at radius 2 is 1.79 bits per heavy atom. The summed E-state index contributed by atoms with van der Waals surface area (Å²) in [4.78, 5) is 26.9. The number of nitrogens with zero attached hydrogens (tertiary/aromatic N) is 2. The Bertz CT molecular complexity index is 861. The van der Waals surface area contributed by atoms with Crippen molar-refractivity contribution in [2.75, 3.05) is 0 Å². The van der Waals surface area contributed by atoms with E-state index in [1.54, 1.807) is 18.2 Å². The summed E-state index contributed by atoms with van der Waals surface area (Å²) in [7, 11) is 0. The Labute approximate surface area is 146 Å². The Hall–Kier alpha value is -2.64. The van der Waals surface area contributed by atoms with E-state index < -0.39 is 4.92 Å². The predicted molar refractivity (Wildman–Crippen MR) is 95.4 cm³/mol. The number of thioether (sulfide) groups is 1. The molecule has 0 bridgehead atoms. The molecule has 1 aliphatic heterocycles. The highest BCUT2D eigenvalue weighted by Gasteiger charge is 2.23. The van der Waals surface area contributed by atoms with Gasteiger partial charge in [0.25, 0.3) is 11.6 Å². The largest absolute Gasteiger partial charge is 0.300 e. The minimum Gasteiger partial charge on any atom is -0.300 e. The van der Waals surface area contributed by atoms with Crippen molar-refractivity contribution in [3.05, 3.63) is 74.1 Å².